The van der Waals surface area contributed by atoms with Crippen LogP contribution in [0.25, 0.3) is 0 Å². The molecule has 0 amide bonds. The van der Waals surface area contributed by atoms with E-state index < -0.39 is 6.10 Å². The highest BCUT2D eigenvalue weighted by Crippen LogP contribution is 2.19. The maximum atomic E-state index is 12.9. The number of hydrogen-bond donors (Lipinski definition) is 0. The van der Waals surface area contributed by atoms with Crippen molar-refractivity contribution in [1.82, 2.24) is 0 Å². The average Bonchev–Trinajstić information content (AvgIpc) is 3.49. The molecule has 488 valence electrons. The Kier molecular flexibility index (Phi) is 70.0. The van der Waals surface area contributed by atoms with Gasteiger partial charge in [0.1, 0.15) is 13.2 Å². The van der Waals surface area contributed by atoms with Crippen LogP contribution in [0, 0.1) is 0 Å². The number of rotatable bonds is 70. The molecule has 0 bridgehead atoms. The maximum Gasteiger partial charge on any atom is 0.306 e. The summed E-state index contributed by atoms with van der Waals surface area (Å²) in [6, 6.07) is 0. The van der Waals surface area contributed by atoms with E-state index >= 15 is 0 Å². The van der Waals surface area contributed by atoms with Gasteiger partial charge in [-0.1, -0.05) is 378 Å². The lowest BCUT2D eigenvalue weighted by atomic mass is 10.0. The summed E-state index contributed by atoms with van der Waals surface area (Å²) >= 11 is 0. The largest absolute Gasteiger partial charge is 0.462 e. The number of ether oxygens (including phenoxy) is 3. The standard InChI is InChI=1S/C77H144O6/c1-4-7-10-13-16-18-20-22-24-26-28-30-32-34-36-37-38-39-40-41-42-44-45-47-49-51-53-55-57-59-61-64-67-70-76(79)82-73-74(72-81-75(78)69-66-63-15-12-9-6-3)83-77(80)71-68-65-62-60-58-56-54-52-50-48-46-43-35-33-31-29-27-25-23-21-19-17-14-11-8-5-2/h20,22,26,28,32,34,74H,4-19,21,23-25,27,29-31,33,35-73H2,1-3H3/b22-20-,28-26-,34-32-. The highest BCUT2D eigenvalue weighted by molar-refractivity contribution is 5.71. The molecule has 0 saturated carbocycles. The maximum absolute atomic E-state index is 12.9. The molecule has 0 aromatic rings. The van der Waals surface area contributed by atoms with E-state index in [1.807, 2.05) is 0 Å². The average molecular weight is 1170 g/mol. The number of allylic oxidation sites excluding steroid dienone is 6. The molecule has 0 aliphatic carbocycles. The minimum Gasteiger partial charge on any atom is -0.462 e. The Morgan fingerprint density at radius 2 is 0.434 bits per heavy atom. The predicted molar refractivity (Wildman–Crippen MR) is 362 cm³/mol. The fourth-order valence-corrected chi connectivity index (χ4v) is 11.5. The number of esters is 3. The van der Waals surface area contributed by atoms with Crippen LogP contribution < -0.4 is 0 Å². The Labute approximate surface area is 518 Å². The third-order valence-corrected chi connectivity index (χ3v) is 17.1. The van der Waals surface area contributed by atoms with Gasteiger partial charge in [-0.25, -0.2) is 0 Å². The van der Waals surface area contributed by atoms with Crippen molar-refractivity contribution < 1.29 is 28.6 Å². The smallest absolute Gasteiger partial charge is 0.306 e. The van der Waals surface area contributed by atoms with Crippen molar-refractivity contribution in [2.75, 3.05) is 13.2 Å². The summed E-state index contributed by atoms with van der Waals surface area (Å²) < 4.78 is 16.9. The first kappa shape index (κ1) is 80.6. The van der Waals surface area contributed by atoms with Crippen LogP contribution in [0.1, 0.15) is 419 Å². The van der Waals surface area contributed by atoms with Crippen molar-refractivity contribution in [1.29, 1.82) is 0 Å². The lowest BCUT2D eigenvalue weighted by Gasteiger charge is -2.18. The summed E-state index contributed by atoms with van der Waals surface area (Å²) in [6.07, 6.45) is 91.0. The number of unbranched alkanes of at least 4 members (excludes halogenated alkanes) is 53. The van der Waals surface area contributed by atoms with Gasteiger partial charge in [0.15, 0.2) is 6.10 Å². The van der Waals surface area contributed by atoms with Crippen molar-refractivity contribution in [3.8, 4) is 0 Å². The van der Waals surface area contributed by atoms with Gasteiger partial charge in [-0.05, 0) is 57.8 Å². The molecular weight excluding hydrogens is 1020 g/mol. The van der Waals surface area contributed by atoms with Gasteiger partial charge in [0.2, 0.25) is 0 Å². The zero-order valence-electron chi connectivity index (χ0n) is 56.2. The lowest BCUT2D eigenvalue weighted by molar-refractivity contribution is -0.167. The molecule has 6 heteroatoms. The lowest BCUT2D eigenvalue weighted by Crippen LogP contribution is -2.30. The topological polar surface area (TPSA) is 78.9 Å². The van der Waals surface area contributed by atoms with Crippen LogP contribution in [0.15, 0.2) is 36.5 Å². The summed E-state index contributed by atoms with van der Waals surface area (Å²) in [4.78, 5) is 38.2. The molecule has 0 spiro atoms. The van der Waals surface area contributed by atoms with Crippen LogP contribution in [0.5, 0.6) is 0 Å². The zero-order valence-corrected chi connectivity index (χ0v) is 56.2. The van der Waals surface area contributed by atoms with Crippen LogP contribution in [-0.4, -0.2) is 37.2 Å². The molecule has 0 rings (SSSR count). The fourth-order valence-electron chi connectivity index (χ4n) is 11.5. The normalized spacial score (nSPS) is 12.2. The van der Waals surface area contributed by atoms with Gasteiger partial charge < -0.3 is 14.2 Å². The predicted octanol–water partition coefficient (Wildman–Crippen LogP) is 25.9. The minimum absolute atomic E-state index is 0.0655. The van der Waals surface area contributed by atoms with E-state index in [-0.39, 0.29) is 31.1 Å². The van der Waals surface area contributed by atoms with E-state index in [4.69, 9.17) is 14.2 Å². The monoisotopic (exact) mass is 1170 g/mol. The summed E-state index contributed by atoms with van der Waals surface area (Å²) in [5, 5.41) is 0. The van der Waals surface area contributed by atoms with Gasteiger partial charge in [-0.15, -0.1) is 0 Å². The van der Waals surface area contributed by atoms with Crippen molar-refractivity contribution in [3.63, 3.8) is 0 Å². The SMILES string of the molecule is CCCCCCC/C=C\C/C=C\C/C=C\CCCCCCCCCCCCCCCCCCCCC(=O)OCC(COC(=O)CCCCCCCC)OC(=O)CCCCCCCCCCCCCCCCCCCCCCCCCCCC. The van der Waals surface area contributed by atoms with Gasteiger partial charge in [0.05, 0.1) is 0 Å². The second-order valence-corrected chi connectivity index (χ2v) is 25.6. The second-order valence-electron chi connectivity index (χ2n) is 25.6. The quantitative estimate of drug-likeness (QED) is 0.0261. The molecule has 6 nitrogen and oxygen atoms in total. The van der Waals surface area contributed by atoms with E-state index in [1.54, 1.807) is 0 Å². The van der Waals surface area contributed by atoms with Gasteiger partial charge in [-0.2, -0.15) is 0 Å². The van der Waals surface area contributed by atoms with Gasteiger partial charge in [0, 0.05) is 19.3 Å². The van der Waals surface area contributed by atoms with Crippen molar-refractivity contribution in [2.45, 2.75) is 425 Å². The van der Waals surface area contributed by atoms with E-state index in [0.717, 1.165) is 70.6 Å². The first-order chi connectivity index (χ1) is 41.0. The molecule has 0 N–H and O–H groups in total. The molecule has 0 aliphatic rings. The summed E-state index contributed by atoms with van der Waals surface area (Å²) in [5.74, 6) is -0.845. The summed E-state index contributed by atoms with van der Waals surface area (Å²) in [7, 11) is 0. The van der Waals surface area contributed by atoms with Crippen molar-refractivity contribution in [3.05, 3.63) is 36.5 Å². The minimum atomic E-state index is -0.766. The highest BCUT2D eigenvalue weighted by atomic mass is 16.6. The summed E-state index contributed by atoms with van der Waals surface area (Å²) in [5.41, 5.74) is 0. The van der Waals surface area contributed by atoms with Crippen molar-refractivity contribution >= 4 is 17.9 Å². The van der Waals surface area contributed by atoms with Gasteiger partial charge in [-0.3, -0.25) is 14.4 Å². The van der Waals surface area contributed by atoms with Crippen LogP contribution in [-0.2, 0) is 28.6 Å². The van der Waals surface area contributed by atoms with Crippen LogP contribution in [0.3, 0.4) is 0 Å². The molecule has 83 heavy (non-hydrogen) atoms. The molecule has 0 aromatic heterocycles. The van der Waals surface area contributed by atoms with Crippen molar-refractivity contribution in [2.24, 2.45) is 0 Å². The molecule has 1 unspecified atom stereocenters. The molecule has 0 aromatic carbocycles. The van der Waals surface area contributed by atoms with E-state index in [1.165, 1.54) is 308 Å². The Balaban J connectivity index is 3.93. The molecule has 1 atom stereocenters. The molecule has 0 fully saturated rings. The number of carbonyl (C=O) groups excluding carboxylic acids is 3. The number of carbonyl (C=O) groups is 3. The second kappa shape index (κ2) is 72.1. The zero-order chi connectivity index (χ0) is 59.9. The third-order valence-electron chi connectivity index (χ3n) is 17.1. The Morgan fingerprint density at radius 1 is 0.241 bits per heavy atom. The Hall–Kier alpha value is -2.37. The molecule has 0 radical (unpaired) electrons. The van der Waals surface area contributed by atoms with Crippen LogP contribution in [0.4, 0.5) is 0 Å². The molecular formula is C77H144O6. The summed E-state index contributed by atoms with van der Waals surface area (Å²) in [6.45, 7) is 6.65. The Bertz CT molecular complexity index is 1380. The molecule has 0 heterocycles. The van der Waals surface area contributed by atoms with E-state index in [0.29, 0.717) is 19.3 Å². The Morgan fingerprint density at radius 3 is 0.675 bits per heavy atom. The van der Waals surface area contributed by atoms with Gasteiger partial charge >= 0.3 is 17.9 Å². The van der Waals surface area contributed by atoms with E-state index in [2.05, 4.69) is 57.2 Å². The van der Waals surface area contributed by atoms with Crippen LogP contribution in [0.2, 0.25) is 0 Å². The fraction of sp³-hybridized carbons (Fsp3) is 0.883. The molecule has 0 saturated heterocycles. The first-order valence-electron chi connectivity index (χ1n) is 37.5. The van der Waals surface area contributed by atoms with E-state index in [9.17, 15) is 14.4 Å². The number of hydrogen-bond acceptors (Lipinski definition) is 6. The van der Waals surface area contributed by atoms with Gasteiger partial charge in [0.25, 0.3) is 0 Å². The third kappa shape index (κ3) is 70.3. The van der Waals surface area contributed by atoms with Crippen LogP contribution >= 0.6 is 0 Å². The molecule has 0 aliphatic heterocycles. The highest BCUT2D eigenvalue weighted by Gasteiger charge is 2.20. The first-order valence-corrected chi connectivity index (χ1v) is 37.5.